The highest BCUT2D eigenvalue weighted by Crippen LogP contribution is 2.39. The average Bonchev–Trinajstić information content (AvgIpc) is 2.41. The molecule has 19 heavy (non-hydrogen) atoms. The first-order chi connectivity index (χ1) is 9.22. The first-order valence-electron chi connectivity index (χ1n) is 5.67. The van der Waals surface area contributed by atoms with E-state index in [-0.39, 0.29) is 12.5 Å². The molecule has 0 atom stereocenters. The van der Waals surface area contributed by atoms with Crippen LogP contribution >= 0.6 is 11.8 Å². The Balaban J connectivity index is 1.94. The summed E-state index contributed by atoms with van der Waals surface area (Å²) in [5, 5.41) is 3.60. The number of nitrogen functional groups attached to an aromatic ring is 1. The molecule has 1 aromatic carbocycles. The van der Waals surface area contributed by atoms with Crippen molar-refractivity contribution in [1.82, 2.24) is 4.98 Å². The van der Waals surface area contributed by atoms with Gasteiger partial charge in [-0.15, -0.1) is 0 Å². The monoisotopic (exact) mass is 273 g/mol. The summed E-state index contributed by atoms with van der Waals surface area (Å²) >= 11 is 1.45. The van der Waals surface area contributed by atoms with Crippen molar-refractivity contribution in [3.8, 4) is 5.75 Å². The Labute approximate surface area is 114 Å². The van der Waals surface area contributed by atoms with Gasteiger partial charge in [0, 0.05) is 22.8 Å². The molecule has 0 bridgehead atoms. The van der Waals surface area contributed by atoms with Gasteiger partial charge in [-0.25, -0.2) is 4.98 Å². The Morgan fingerprint density at radius 1 is 1.37 bits per heavy atom. The zero-order valence-corrected chi connectivity index (χ0v) is 10.7. The highest BCUT2D eigenvalue weighted by molar-refractivity contribution is 7.99. The van der Waals surface area contributed by atoms with Gasteiger partial charge in [-0.1, -0.05) is 17.8 Å². The van der Waals surface area contributed by atoms with Crippen LogP contribution in [-0.2, 0) is 4.79 Å². The topological polar surface area (TPSA) is 77.2 Å². The molecule has 0 spiro atoms. The maximum Gasteiger partial charge on any atom is 0.262 e. The summed E-state index contributed by atoms with van der Waals surface area (Å²) in [6, 6.07) is 9.20. The number of carbonyl (C=O) groups is 1. The highest BCUT2D eigenvalue weighted by atomic mass is 32.2. The number of rotatable bonds is 2. The van der Waals surface area contributed by atoms with Crippen molar-refractivity contribution in [3.05, 3.63) is 36.5 Å². The van der Waals surface area contributed by atoms with Crippen molar-refractivity contribution in [3.63, 3.8) is 0 Å². The van der Waals surface area contributed by atoms with E-state index in [1.54, 1.807) is 18.3 Å². The van der Waals surface area contributed by atoms with Gasteiger partial charge in [-0.2, -0.15) is 0 Å². The molecule has 3 rings (SSSR count). The molecule has 3 N–H and O–H groups in total. The molecule has 2 aromatic rings. The summed E-state index contributed by atoms with van der Waals surface area (Å²) in [6.07, 6.45) is 1.72. The Morgan fingerprint density at radius 3 is 3.05 bits per heavy atom. The first-order valence-corrected chi connectivity index (χ1v) is 6.49. The molecule has 1 aliphatic rings. The standard InChI is InChI=1S/C13H11N3O2S/c14-8-5-10-9(16-12(17)7-18-10)6-11(8)19-13-3-1-2-4-15-13/h1-6H,7,14H2,(H,16,17). The Hall–Kier alpha value is -2.21. The number of amides is 1. The fourth-order valence-electron chi connectivity index (χ4n) is 1.73. The molecule has 0 fully saturated rings. The smallest absolute Gasteiger partial charge is 0.262 e. The third kappa shape index (κ3) is 2.48. The van der Waals surface area contributed by atoms with Gasteiger partial charge in [-0.3, -0.25) is 4.79 Å². The molecular weight excluding hydrogens is 262 g/mol. The zero-order valence-electron chi connectivity index (χ0n) is 9.92. The van der Waals surface area contributed by atoms with E-state index in [4.69, 9.17) is 10.5 Å². The number of nitrogens with one attached hydrogen (secondary N) is 1. The van der Waals surface area contributed by atoms with E-state index >= 15 is 0 Å². The highest BCUT2D eigenvalue weighted by Gasteiger charge is 2.18. The molecule has 0 saturated heterocycles. The van der Waals surface area contributed by atoms with Crippen LogP contribution in [-0.4, -0.2) is 17.5 Å². The van der Waals surface area contributed by atoms with E-state index in [1.807, 2.05) is 18.2 Å². The summed E-state index contributed by atoms with van der Waals surface area (Å²) in [7, 11) is 0. The van der Waals surface area contributed by atoms with Crippen molar-refractivity contribution >= 4 is 29.0 Å². The second-order valence-electron chi connectivity index (χ2n) is 3.99. The largest absolute Gasteiger partial charge is 0.482 e. The van der Waals surface area contributed by atoms with Gasteiger partial charge in [0.05, 0.1) is 5.69 Å². The van der Waals surface area contributed by atoms with Crippen LogP contribution in [0.4, 0.5) is 11.4 Å². The number of pyridine rings is 1. The Bertz CT molecular complexity index is 631. The zero-order chi connectivity index (χ0) is 13.2. The number of ether oxygens (including phenoxy) is 1. The maximum atomic E-state index is 11.3. The fourth-order valence-corrected chi connectivity index (χ4v) is 2.57. The lowest BCUT2D eigenvalue weighted by Gasteiger charge is -2.19. The lowest BCUT2D eigenvalue weighted by Crippen LogP contribution is -2.25. The maximum absolute atomic E-state index is 11.3. The van der Waals surface area contributed by atoms with Crippen molar-refractivity contribution < 1.29 is 9.53 Å². The van der Waals surface area contributed by atoms with Crippen LogP contribution in [0, 0.1) is 0 Å². The molecule has 0 radical (unpaired) electrons. The van der Waals surface area contributed by atoms with Gasteiger partial charge in [-0.05, 0) is 18.2 Å². The van der Waals surface area contributed by atoms with Crippen molar-refractivity contribution in [2.75, 3.05) is 17.7 Å². The van der Waals surface area contributed by atoms with Crippen molar-refractivity contribution in [1.29, 1.82) is 0 Å². The summed E-state index contributed by atoms with van der Waals surface area (Å²) in [5.41, 5.74) is 7.23. The predicted octanol–water partition coefficient (Wildman–Crippen LogP) is 2.15. The van der Waals surface area contributed by atoms with Crippen LogP contribution in [0.3, 0.4) is 0 Å². The minimum Gasteiger partial charge on any atom is -0.482 e. The number of fused-ring (bicyclic) bond motifs is 1. The Kier molecular flexibility index (Phi) is 3.00. The number of nitrogens with two attached hydrogens (primary N) is 1. The first kappa shape index (κ1) is 11.9. The van der Waals surface area contributed by atoms with E-state index in [1.165, 1.54) is 11.8 Å². The van der Waals surface area contributed by atoms with E-state index in [0.29, 0.717) is 17.1 Å². The second kappa shape index (κ2) is 4.81. The molecular formula is C13H11N3O2S. The van der Waals surface area contributed by atoms with Crippen molar-refractivity contribution in [2.24, 2.45) is 0 Å². The van der Waals surface area contributed by atoms with Crippen LogP contribution in [0.15, 0.2) is 46.5 Å². The minimum atomic E-state index is -0.161. The van der Waals surface area contributed by atoms with Crippen molar-refractivity contribution in [2.45, 2.75) is 9.92 Å². The van der Waals surface area contributed by atoms with Gasteiger partial charge >= 0.3 is 0 Å². The molecule has 6 heteroatoms. The third-order valence-corrected chi connectivity index (χ3v) is 3.62. The summed E-state index contributed by atoms with van der Waals surface area (Å²) in [4.78, 5) is 16.4. The van der Waals surface area contributed by atoms with Gasteiger partial charge < -0.3 is 15.8 Å². The van der Waals surface area contributed by atoms with Crippen LogP contribution in [0.1, 0.15) is 0 Å². The summed E-state index contributed by atoms with van der Waals surface area (Å²) < 4.78 is 5.30. The quantitative estimate of drug-likeness (QED) is 0.820. The number of benzene rings is 1. The normalized spacial score (nSPS) is 13.4. The van der Waals surface area contributed by atoms with Gasteiger partial charge in [0.15, 0.2) is 6.61 Å². The fraction of sp³-hybridized carbons (Fsp3) is 0.0769. The number of nitrogens with zero attached hydrogens (tertiary/aromatic N) is 1. The average molecular weight is 273 g/mol. The number of hydrogen-bond acceptors (Lipinski definition) is 5. The molecule has 1 amide bonds. The van der Waals surface area contributed by atoms with Crippen LogP contribution in [0.25, 0.3) is 0 Å². The Morgan fingerprint density at radius 2 is 2.26 bits per heavy atom. The summed E-state index contributed by atoms with van der Waals surface area (Å²) in [6.45, 7) is 0.0270. The van der Waals surface area contributed by atoms with Crippen LogP contribution in [0.2, 0.25) is 0 Å². The molecule has 0 aliphatic carbocycles. The number of aromatic nitrogens is 1. The van der Waals surface area contributed by atoms with Gasteiger partial charge in [0.1, 0.15) is 10.8 Å². The van der Waals surface area contributed by atoms with Crippen LogP contribution < -0.4 is 15.8 Å². The van der Waals surface area contributed by atoms with E-state index < -0.39 is 0 Å². The SMILES string of the molecule is Nc1cc2c(cc1Sc1ccccn1)NC(=O)CO2. The van der Waals surface area contributed by atoms with E-state index in [0.717, 1.165) is 9.92 Å². The summed E-state index contributed by atoms with van der Waals surface area (Å²) in [5.74, 6) is 0.438. The number of anilines is 2. The number of hydrogen-bond donors (Lipinski definition) is 2. The van der Waals surface area contributed by atoms with Crippen LogP contribution in [0.5, 0.6) is 5.75 Å². The molecule has 96 valence electrons. The molecule has 0 unspecified atom stereocenters. The molecule has 1 aromatic heterocycles. The predicted molar refractivity (Wildman–Crippen MR) is 73.3 cm³/mol. The van der Waals surface area contributed by atoms with E-state index in [2.05, 4.69) is 10.3 Å². The van der Waals surface area contributed by atoms with Gasteiger partial charge in [0.2, 0.25) is 0 Å². The molecule has 5 nitrogen and oxygen atoms in total. The molecule has 2 heterocycles. The van der Waals surface area contributed by atoms with E-state index in [9.17, 15) is 4.79 Å². The lowest BCUT2D eigenvalue weighted by atomic mass is 10.2. The lowest BCUT2D eigenvalue weighted by molar-refractivity contribution is -0.118. The third-order valence-electron chi connectivity index (χ3n) is 2.60. The number of carbonyl (C=O) groups excluding carboxylic acids is 1. The second-order valence-corrected chi connectivity index (χ2v) is 5.06. The molecule has 1 aliphatic heterocycles. The molecule has 0 saturated carbocycles. The van der Waals surface area contributed by atoms with Gasteiger partial charge in [0.25, 0.3) is 5.91 Å². The minimum absolute atomic E-state index is 0.0270.